The van der Waals surface area contributed by atoms with Gasteiger partial charge in [-0.2, -0.15) is 0 Å². The molecule has 2 aromatic heterocycles. The monoisotopic (exact) mass is 780 g/mol. The van der Waals surface area contributed by atoms with Crippen LogP contribution >= 0.6 is 23.2 Å². The van der Waals surface area contributed by atoms with E-state index in [1.165, 1.54) is 0 Å². The number of hydrogen-bond acceptors (Lipinski definition) is 6. The number of Topliss-reactive ketones (excluding diaryl/α,β-unsaturated/α-hetero) is 2. The van der Waals surface area contributed by atoms with Gasteiger partial charge in [-0.15, -0.1) is 0 Å². The van der Waals surface area contributed by atoms with E-state index in [2.05, 4.69) is 20.6 Å². The number of H-pyrrole nitrogens is 2. The number of ketones is 2. The van der Waals surface area contributed by atoms with Crippen LogP contribution in [0, 0.1) is 0 Å². The van der Waals surface area contributed by atoms with E-state index in [9.17, 15) is 9.59 Å². The molecule has 0 fully saturated rings. The predicted molar refractivity (Wildman–Crippen MR) is 227 cm³/mol. The van der Waals surface area contributed by atoms with Gasteiger partial charge in [0.1, 0.15) is 23.6 Å². The van der Waals surface area contributed by atoms with Crippen LogP contribution in [0.4, 0.5) is 11.4 Å². The molecule has 56 heavy (non-hydrogen) atoms. The number of anilines is 2. The van der Waals surface area contributed by atoms with E-state index in [-0.39, 0.29) is 11.6 Å². The third kappa shape index (κ3) is 8.57. The van der Waals surface area contributed by atoms with Gasteiger partial charge in [-0.25, -0.2) is 0 Å². The lowest BCUT2D eigenvalue weighted by atomic mass is 9.96. The summed E-state index contributed by atoms with van der Waals surface area (Å²) in [7, 11) is 3.24. The molecule has 8 rings (SSSR count). The second-order valence-corrected chi connectivity index (χ2v) is 13.8. The van der Waals surface area contributed by atoms with Gasteiger partial charge in [-0.1, -0.05) is 108 Å². The van der Waals surface area contributed by atoms with Gasteiger partial charge in [0.15, 0.2) is 11.6 Å². The Hall–Kier alpha value is -6.48. The minimum atomic E-state index is -0.539. The molecule has 8 nitrogen and oxygen atoms in total. The van der Waals surface area contributed by atoms with Crippen molar-refractivity contribution in [2.75, 3.05) is 24.9 Å². The van der Waals surface area contributed by atoms with Crippen LogP contribution in [0.1, 0.15) is 43.9 Å². The molecule has 2 atom stereocenters. The molecule has 0 saturated carbocycles. The third-order valence-electron chi connectivity index (χ3n) is 9.37. The van der Waals surface area contributed by atoms with Crippen LogP contribution in [0.2, 0.25) is 10.0 Å². The molecule has 0 amide bonds. The van der Waals surface area contributed by atoms with Crippen molar-refractivity contribution in [1.29, 1.82) is 0 Å². The van der Waals surface area contributed by atoms with E-state index in [0.29, 0.717) is 21.2 Å². The maximum atomic E-state index is 13.5. The second-order valence-electron chi connectivity index (χ2n) is 13.0. The Morgan fingerprint density at radius 1 is 0.518 bits per heavy atom. The maximum absolute atomic E-state index is 13.5. The number of benzene rings is 6. The number of hydrogen-bond donors (Lipinski definition) is 4. The number of ether oxygens (including phenoxy) is 2. The summed E-state index contributed by atoms with van der Waals surface area (Å²) in [6.45, 7) is 0. The number of methoxy groups -OCH3 is 2. The standard InChI is InChI=1S/2C23H19ClN2O2/c2*1-28-18-9-5-8-17(13-18)26-22(15-6-3-2-4-7-15)23(27)20-14-25-21-12-16(24)10-11-19(20)21/h2*2-14,22,25-26H,1H3. The third-order valence-corrected chi connectivity index (χ3v) is 9.84. The van der Waals surface area contributed by atoms with Crippen LogP contribution in [0.5, 0.6) is 11.5 Å². The molecule has 8 aromatic rings. The summed E-state index contributed by atoms with van der Waals surface area (Å²) in [6.07, 6.45) is 3.49. The largest absolute Gasteiger partial charge is 0.497 e. The zero-order valence-corrected chi connectivity index (χ0v) is 32.1. The quantitative estimate of drug-likeness (QED) is 0.0920. The second kappa shape index (κ2) is 17.3. The van der Waals surface area contributed by atoms with E-state index in [4.69, 9.17) is 32.7 Å². The molecule has 0 saturated heterocycles. The van der Waals surface area contributed by atoms with Crippen LogP contribution in [0.25, 0.3) is 21.8 Å². The van der Waals surface area contributed by atoms with Crippen LogP contribution in [-0.2, 0) is 0 Å². The maximum Gasteiger partial charge on any atom is 0.191 e. The Labute approximate surface area is 334 Å². The first-order chi connectivity index (χ1) is 27.3. The fourth-order valence-corrected chi connectivity index (χ4v) is 6.91. The molecule has 10 heteroatoms. The highest BCUT2D eigenvalue weighted by Gasteiger charge is 2.26. The molecule has 280 valence electrons. The smallest absolute Gasteiger partial charge is 0.191 e. The summed E-state index contributed by atoms with van der Waals surface area (Å²) in [5.41, 5.74) is 6.31. The average Bonchev–Trinajstić information content (AvgIpc) is 3.86. The highest BCUT2D eigenvalue weighted by atomic mass is 35.5. The zero-order chi connectivity index (χ0) is 39.0. The molecule has 0 radical (unpaired) electrons. The molecular weight excluding hydrogens is 743 g/mol. The normalized spacial score (nSPS) is 11.9. The Morgan fingerprint density at radius 2 is 0.929 bits per heavy atom. The van der Waals surface area contributed by atoms with E-state index in [1.54, 1.807) is 38.7 Å². The van der Waals surface area contributed by atoms with Gasteiger partial charge >= 0.3 is 0 Å². The van der Waals surface area contributed by atoms with Crippen LogP contribution in [0.15, 0.2) is 158 Å². The Balaban J connectivity index is 0.000000172. The highest BCUT2D eigenvalue weighted by Crippen LogP contribution is 2.32. The van der Waals surface area contributed by atoms with Crippen molar-refractivity contribution in [3.63, 3.8) is 0 Å². The van der Waals surface area contributed by atoms with Gasteiger partial charge in [-0.3, -0.25) is 9.59 Å². The summed E-state index contributed by atoms with van der Waals surface area (Å²) in [6, 6.07) is 44.4. The Morgan fingerprint density at radius 3 is 1.32 bits per heavy atom. The molecule has 0 bridgehead atoms. The fourth-order valence-electron chi connectivity index (χ4n) is 6.57. The van der Waals surface area contributed by atoms with Crippen LogP contribution in [-0.4, -0.2) is 35.8 Å². The summed E-state index contributed by atoms with van der Waals surface area (Å²) >= 11 is 12.1. The van der Waals surface area contributed by atoms with Crippen molar-refractivity contribution in [3.05, 3.63) is 190 Å². The van der Waals surface area contributed by atoms with Crippen LogP contribution < -0.4 is 20.1 Å². The molecular formula is C46H38Cl2N4O4. The lowest BCUT2D eigenvalue weighted by Gasteiger charge is -2.19. The number of fused-ring (bicyclic) bond motifs is 2. The Bertz CT molecular complexity index is 2420. The SMILES string of the molecule is COc1cccc(NC(C(=O)c2c[nH]c3cc(Cl)ccc23)c2ccccc2)c1.COc1cccc(NC(C(=O)c2c[nH]c3cc(Cl)ccc23)c2ccccc2)c1. The van der Waals surface area contributed by atoms with Crippen molar-refractivity contribution >= 4 is 67.9 Å². The van der Waals surface area contributed by atoms with E-state index >= 15 is 0 Å². The number of rotatable bonds is 12. The minimum Gasteiger partial charge on any atom is -0.497 e. The number of nitrogens with one attached hydrogen (secondary N) is 4. The lowest BCUT2D eigenvalue weighted by Crippen LogP contribution is -2.21. The first-order valence-electron chi connectivity index (χ1n) is 17.8. The van der Waals surface area contributed by atoms with Crippen molar-refractivity contribution < 1.29 is 19.1 Å². The predicted octanol–water partition coefficient (Wildman–Crippen LogP) is 11.7. The number of halogens is 2. The van der Waals surface area contributed by atoms with E-state index in [1.807, 2.05) is 133 Å². The summed E-state index contributed by atoms with van der Waals surface area (Å²) < 4.78 is 10.6. The van der Waals surface area contributed by atoms with Crippen molar-refractivity contribution in [1.82, 2.24) is 9.97 Å². The van der Waals surface area contributed by atoms with Gasteiger partial charge in [0.2, 0.25) is 0 Å². The van der Waals surface area contributed by atoms with E-state index < -0.39 is 12.1 Å². The first-order valence-corrected chi connectivity index (χ1v) is 18.6. The van der Waals surface area contributed by atoms with Gasteiger partial charge in [-0.05, 0) is 59.7 Å². The minimum absolute atomic E-state index is 0.0254. The highest BCUT2D eigenvalue weighted by molar-refractivity contribution is 6.32. The zero-order valence-electron chi connectivity index (χ0n) is 30.6. The average molecular weight is 782 g/mol. The number of aromatic amines is 2. The molecule has 0 aliphatic carbocycles. The number of aromatic nitrogens is 2. The summed E-state index contributed by atoms with van der Waals surface area (Å²) in [5, 5.41) is 9.68. The van der Waals surface area contributed by atoms with Crippen molar-refractivity contribution in [2.45, 2.75) is 12.1 Å². The molecule has 0 spiro atoms. The Kier molecular flexibility index (Phi) is 11.7. The van der Waals surface area contributed by atoms with Gasteiger partial charge in [0.05, 0.1) is 14.2 Å². The first kappa shape index (κ1) is 37.8. The summed E-state index contributed by atoms with van der Waals surface area (Å²) in [4.78, 5) is 33.3. The number of carbonyl (C=O) groups is 2. The molecule has 6 aromatic carbocycles. The topological polar surface area (TPSA) is 108 Å². The van der Waals surface area contributed by atoms with Crippen molar-refractivity contribution in [2.24, 2.45) is 0 Å². The molecule has 2 unspecified atom stereocenters. The molecule has 2 heterocycles. The van der Waals surface area contributed by atoms with Gasteiger partial charge < -0.3 is 30.1 Å². The molecule has 0 aliphatic heterocycles. The fraction of sp³-hybridized carbons (Fsp3) is 0.0870. The molecule has 0 aliphatic rings. The lowest BCUT2D eigenvalue weighted by molar-refractivity contribution is 0.0963. The van der Waals surface area contributed by atoms with Gasteiger partial charge in [0, 0.05) is 78.9 Å². The van der Waals surface area contributed by atoms with Crippen molar-refractivity contribution in [3.8, 4) is 11.5 Å². The summed E-state index contributed by atoms with van der Waals surface area (Å²) in [5.74, 6) is 1.40. The molecule has 4 N–H and O–H groups in total. The van der Waals surface area contributed by atoms with Crippen LogP contribution in [0.3, 0.4) is 0 Å². The van der Waals surface area contributed by atoms with Gasteiger partial charge in [0.25, 0.3) is 0 Å². The van der Waals surface area contributed by atoms with E-state index in [0.717, 1.165) is 55.8 Å². The number of carbonyl (C=O) groups excluding carboxylic acids is 2.